The van der Waals surface area contributed by atoms with Crippen LogP contribution in [0.5, 0.6) is 0 Å². The highest BCUT2D eigenvalue weighted by Gasteiger charge is 2.24. The Hall–Kier alpha value is -1.44. The Balaban J connectivity index is 1.81. The highest BCUT2D eigenvalue weighted by atomic mass is 32.2. The molecule has 21 heavy (non-hydrogen) atoms. The van der Waals surface area contributed by atoms with Gasteiger partial charge in [0.25, 0.3) is 10.0 Å². The van der Waals surface area contributed by atoms with Gasteiger partial charge in [0.15, 0.2) is 0 Å². The van der Waals surface area contributed by atoms with E-state index in [0.29, 0.717) is 23.2 Å². The molecule has 2 aromatic rings. The number of nitrogens with one attached hydrogen (secondary N) is 2. The Bertz CT molecular complexity index is 736. The molecule has 1 fully saturated rings. The van der Waals surface area contributed by atoms with Crippen LogP contribution in [0.4, 0.5) is 5.69 Å². The lowest BCUT2D eigenvalue weighted by molar-refractivity contribution is 0.599. The van der Waals surface area contributed by atoms with Crippen molar-refractivity contribution >= 4 is 27.0 Å². The van der Waals surface area contributed by atoms with Crippen molar-refractivity contribution in [2.45, 2.75) is 37.2 Å². The Kier molecular flexibility index (Phi) is 3.97. The minimum Gasteiger partial charge on any atom is -0.309 e. The molecule has 0 aliphatic heterocycles. The minimum absolute atomic E-state index is 0.351. The van der Waals surface area contributed by atoms with Crippen LogP contribution in [-0.4, -0.2) is 19.4 Å². The number of anilines is 1. The van der Waals surface area contributed by atoms with Gasteiger partial charge >= 0.3 is 0 Å². The summed E-state index contributed by atoms with van der Waals surface area (Å²) in [7, 11) is -3.57. The van der Waals surface area contributed by atoms with E-state index in [4.69, 9.17) is 0 Å². The zero-order chi connectivity index (χ0) is 14.9. The van der Waals surface area contributed by atoms with Crippen molar-refractivity contribution in [1.29, 1.82) is 0 Å². The molecule has 0 unspecified atom stereocenters. The number of aromatic nitrogens is 1. The van der Waals surface area contributed by atoms with E-state index in [0.717, 1.165) is 10.4 Å². The first-order valence-corrected chi connectivity index (χ1v) is 9.16. The van der Waals surface area contributed by atoms with Crippen LogP contribution in [0.3, 0.4) is 0 Å². The predicted octanol–water partition coefficient (Wildman–Crippen LogP) is 2.50. The summed E-state index contributed by atoms with van der Waals surface area (Å²) in [6, 6.07) is 3.99. The SMILES string of the molecule is Cc1ccncc1NS(=O)(=O)c1ccsc1CNC1CC1. The first kappa shape index (κ1) is 14.5. The molecule has 0 radical (unpaired) electrons. The summed E-state index contributed by atoms with van der Waals surface area (Å²) in [6.07, 6.45) is 5.53. The molecule has 3 rings (SSSR count). The van der Waals surface area contributed by atoms with Gasteiger partial charge < -0.3 is 5.32 Å². The highest BCUT2D eigenvalue weighted by Crippen LogP contribution is 2.27. The second kappa shape index (κ2) is 5.75. The third kappa shape index (κ3) is 3.42. The van der Waals surface area contributed by atoms with Gasteiger partial charge in [0.05, 0.1) is 11.9 Å². The summed E-state index contributed by atoms with van der Waals surface area (Å²) in [5.41, 5.74) is 1.37. The molecule has 0 aromatic carbocycles. The molecular weight excluding hydrogens is 306 g/mol. The van der Waals surface area contributed by atoms with Crippen molar-refractivity contribution in [3.63, 3.8) is 0 Å². The average molecular weight is 323 g/mol. The van der Waals surface area contributed by atoms with Gasteiger partial charge in [-0.1, -0.05) is 0 Å². The van der Waals surface area contributed by atoms with Crippen molar-refractivity contribution in [2.24, 2.45) is 0 Å². The van der Waals surface area contributed by atoms with Crippen molar-refractivity contribution in [3.05, 3.63) is 40.3 Å². The molecular formula is C14H17N3O2S2. The maximum atomic E-state index is 12.5. The Morgan fingerprint density at radius 2 is 2.19 bits per heavy atom. The molecule has 1 aliphatic rings. The summed E-state index contributed by atoms with van der Waals surface area (Å²) in [4.78, 5) is 5.16. The molecule has 0 atom stereocenters. The molecule has 2 N–H and O–H groups in total. The molecule has 1 aliphatic carbocycles. The van der Waals surface area contributed by atoms with Gasteiger partial charge in [-0.3, -0.25) is 9.71 Å². The monoisotopic (exact) mass is 323 g/mol. The fourth-order valence-corrected chi connectivity index (χ4v) is 4.50. The van der Waals surface area contributed by atoms with Gasteiger partial charge in [0.2, 0.25) is 0 Å². The third-order valence-corrected chi connectivity index (χ3v) is 5.91. The standard InChI is InChI=1S/C14H17N3O2S2/c1-10-4-6-15-8-12(10)17-21(18,19)14-5-7-20-13(14)9-16-11-2-3-11/h4-8,11,16-17H,2-3,9H2,1H3. The first-order chi connectivity index (χ1) is 10.1. The van der Waals surface area contributed by atoms with E-state index in [1.807, 2.05) is 12.3 Å². The van der Waals surface area contributed by atoms with Gasteiger partial charge in [0, 0.05) is 23.7 Å². The number of nitrogens with zero attached hydrogens (tertiary/aromatic N) is 1. The molecule has 1 saturated carbocycles. The van der Waals surface area contributed by atoms with Crippen molar-refractivity contribution in [2.75, 3.05) is 4.72 Å². The number of aryl methyl sites for hydroxylation is 1. The summed E-state index contributed by atoms with van der Waals surface area (Å²) in [5.74, 6) is 0. The van der Waals surface area contributed by atoms with Crippen LogP contribution in [0, 0.1) is 6.92 Å². The molecule has 0 bridgehead atoms. The number of hydrogen-bond donors (Lipinski definition) is 2. The van der Waals surface area contributed by atoms with E-state index >= 15 is 0 Å². The minimum atomic E-state index is -3.57. The molecule has 2 heterocycles. The number of rotatable bonds is 6. The predicted molar refractivity (Wildman–Crippen MR) is 84.0 cm³/mol. The number of hydrogen-bond acceptors (Lipinski definition) is 5. The van der Waals surface area contributed by atoms with Crippen molar-refractivity contribution < 1.29 is 8.42 Å². The molecule has 5 nitrogen and oxygen atoms in total. The van der Waals surface area contributed by atoms with Gasteiger partial charge in [-0.2, -0.15) is 0 Å². The lowest BCUT2D eigenvalue weighted by atomic mass is 10.3. The smallest absolute Gasteiger partial charge is 0.263 e. The topological polar surface area (TPSA) is 71.1 Å². The summed E-state index contributed by atoms with van der Waals surface area (Å²) >= 11 is 1.46. The van der Waals surface area contributed by atoms with Crippen LogP contribution in [0.25, 0.3) is 0 Å². The Morgan fingerprint density at radius 1 is 1.38 bits per heavy atom. The van der Waals surface area contributed by atoms with Crippen molar-refractivity contribution in [3.8, 4) is 0 Å². The zero-order valence-electron chi connectivity index (χ0n) is 11.7. The van der Waals surface area contributed by atoms with E-state index in [2.05, 4.69) is 15.0 Å². The van der Waals surface area contributed by atoms with E-state index in [1.165, 1.54) is 30.4 Å². The van der Waals surface area contributed by atoms with Crippen LogP contribution >= 0.6 is 11.3 Å². The maximum Gasteiger partial charge on any atom is 0.263 e. The number of thiophene rings is 1. The fraction of sp³-hybridized carbons (Fsp3) is 0.357. The van der Waals surface area contributed by atoms with Crippen LogP contribution < -0.4 is 10.0 Å². The second-order valence-corrected chi connectivity index (χ2v) is 7.81. The van der Waals surface area contributed by atoms with Gasteiger partial charge in [-0.25, -0.2) is 8.42 Å². The van der Waals surface area contributed by atoms with E-state index < -0.39 is 10.0 Å². The molecule has 112 valence electrons. The normalized spacial score (nSPS) is 15.1. The van der Waals surface area contributed by atoms with E-state index in [9.17, 15) is 8.42 Å². The summed E-state index contributed by atoms with van der Waals surface area (Å²) < 4.78 is 27.7. The molecule has 0 spiro atoms. The van der Waals surface area contributed by atoms with E-state index in [-0.39, 0.29) is 0 Å². The Labute approximate surface area is 128 Å². The quantitative estimate of drug-likeness (QED) is 0.857. The lowest BCUT2D eigenvalue weighted by Gasteiger charge is -2.10. The number of pyridine rings is 1. The summed E-state index contributed by atoms with van der Waals surface area (Å²) in [6.45, 7) is 2.45. The zero-order valence-corrected chi connectivity index (χ0v) is 13.3. The van der Waals surface area contributed by atoms with Gasteiger partial charge in [0.1, 0.15) is 4.90 Å². The largest absolute Gasteiger partial charge is 0.309 e. The van der Waals surface area contributed by atoms with Crippen LogP contribution in [0.1, 0.15) is 23.3 Å². The highest BCUT2D eigenvalue weighted by molar-refractivity contribution is 7.93. The van der Waals surface area contributed by atoms with Crippen LogP contribution in [0.15, 0.2) is 34.8 Å². The third-order valence-electron chi connectivity index (χ3n) is 3.41. The van der Waals surface area contributed by atoms with E-state index in [1.54, 1.807) is 18.3 Å². The molecule has 7 heteroatoms. The molecule has 0 saturated heterocycles. The number of sulfonamides is 1. The van der Waals surface area contributed by atoms with Gasteiger partial charge in [-0.15, -0.1) is 11.3 Å². The second-order valence-electron chi connectivity index (χ2n) is 5.16. The first-order valence-electron chi connectivity index (χ1n) is 6.79. The Morgan fingerprint density at radius 3 is 2.90 bits per heavy atom. The molecule has 2 aromatic heterocycles. The fourth-order valence-electron chi connectivity index (χ4n) is 1.99. The van der Waals surface area contributed by atoms with Gasteiger partial charge in [-0.05, 0) is 42.8 Å². The maximum absolute atomic E-state index is 12.5. The van der Waals surface area contributed by atoms with Crippen LogP contribution in [0.2, 0.25) is 0 Å². The van der Waals surface area contributed by atoms with Crippen LogP contribution in [-0.2, 0) is 16.6 Å². The lowest BCUT2D eigenvalue weighted by Crippen LogP contribution is -2.19. The molecule has 0 amide bonds. The summed E-state index contributed by atoms with van der Waals surface area (Å²) in [5, 5.41) is 5.17. The average Bonchev–Trinajstić information content (AvgIpc) is 3.15. The van der Waals surface area contributed by atoms with Crippen molar-refractivity contribution in [1.82, 2.24) is 10.3 Å².